The summed E-state index contributed by atoms with van der Waals surface area (Å²) in [5.41, 5.74) is 4.09. The normalized spacial score (nSPS) is 10.7. The summed E-state index contributed by atoms with van der Waals surface area (Å²) in [6.07, 6.45) is 0. The number of hydrogen-bond acceptors (Lipinski definition) is 0. The highest BCUT2D eigenvalue weighted by Crippen LogP contribution is 2.22. The lowest BCUT2D eigenvalue weighted by molar-refractivity contribution is 1.41. The number of rotatable bonds is 0. The van der Waals surface area contributed by atoms with Gasteiger partial charge in [-0.2, -0.15) is 0 Å². The average molecular weight is 170 g/mol. The van der Waals surface area contributed by atoms with Crippen molar-refractivity contribution in [2.45, 2.75) is 20.8 Å². The molecular weight excluding hydrogens is 156 g/mol. The zero-order chi connectivity index (χ0) is 9.42. The van der Waals surface area contributed by atoms with Crippen molar-refractivity contribution in [2.75, 3.05) is 0 Å². The average Bonchev–Trinajstić information content (AvgIpc) is 2.07. The molecule has 0 amide bonds. The smallest absolute Gasteiger partial charge is 0.0149 e. The van der Waals surface area contributed by atoms with Crippen LogP contribution in [0.15, 0.2) is 30.3 Å². The van der Waals surface area contributed by atoms with Gasteiger partial charge in [0, 0.05) is 0 Å². The molecule has 0 atom stereocenters. The zero-order valence-electron chi connectivity index (χ0n) is 8.39. The van der Waals surface area contributed by atoms with Crippen LogP contribution in [0.5, 0.6) is 0 Å². The van der Waals surface area contributed by atoms with Crippen molar-refractivity contribution in [1.29, 1.82) is 0 Å². The van der Waals surface area contributed by atoms with Crippen LogP contribution in [0.25, 0.3) is 10.8 Å². The molecule has 2 aromatic carbocycles. The molecule has 0 aliphatic carbocycles. The third-order valence-corrected chi connectivity index (χ3v) is 2.57. The van der Waals surface area contributed by atoms with Gasteiger partial charge in [-0.1, -0.05) is 35.9 Å². The molecular formula is C13H14. The summed E-state index contributed by atoms with van der Waals surface area (Å²) in [6, 6.07) is 11.0. The lowest BCUT2D eigenvalue weighted by atomic mass is 9.99. The minimum Gasteiger partial charge on any atom is -0.0614 e. The molecule has 0 bridgehead atoms. The van der Waals surface area contributed by atoms with Gasteiger partial charge in [0.1, 0.15) is 0 Å². The Kier molecular flexibility index (Phi) is 1.84. The number of fused-ring (bicyclic) bond motifs is 1. The molecule has 2 rings (SSSR count). The fourth-order valence-corrected chi connectivity index (χ4v) is 1.90. The van der Waals surface area contributed by atoms with Crippen LogP contribution in [0.3, 0.4) is 0 Å². The Morgan fingerprint density at radius 1 is 0.769 bits per heavy atom. The summed E-state index contributed by atoms with van der Waals surface area (Å²) in [4.78, 5) is 0. The van der Waals surface area contributed by atoms with E-state index in [0.29, 0.717) is 0 Å². The Labute approximate surface area is 79.2 Å². The van der Waals surface area contributed by atoms with Crippen molar-refractivity contribution in [3.05, 3.63) is 47.0 Å². The van der Waals surface area contributed by atoms with Gasteiger partial charge in [-0.25, -0.2) is 0 Å². The van der Waals surface area contributed by atoms with E-state index in [1.54, 1.807) is 0 Å². The van der Waals surface area contributed by atoms with Crippen molar-refractivity contribution in [2.24, 2.45) is 0 Å². The first-order valence-corrected chi connectivity index (χ1v) is 4.65. The molecule has 0 aliphatic rings. The fraction of sp³-hybridized carbons (Fsp3) is 0.231. The highest BCUT2D eigenvalue weighted by molar-refractivity contribution is 5.88. The van der Waals surface area contributed by atoms with Gasteiger partial charge in [0.05, 0.1) is 0 Å². The Bertz CT molecular complexity index is 453. The molecule has 0 spiro atoms. The maximum atomic E-state index is 2.26. The Morgan fingerprint density at radius 3 is 2.31 bits per heavy atom. The predicted octanol–water partition coefficient (Wildman–Crippen LogP) is 3.77. The standard InChI is InChI=1S/C13H14/c1-9-7-11(3)12-6-4-5-10(2)13(12)8-9/h4-8H,1-3H3. The topological polar surface area (TPSA) is 0 Å². The van der Waals surface area contributed by atoms with Gasteiger partial charge in [0.2, 0.25) is 0 Å². The second-order valence-corrected chi connectivity index (χ2v) is 3.75. The van der Waals surface area contributed by atoms with Crippen molar-refractivity contribution in [3.8, 4) is 0 Å². The number of aryl methyl sites for hydroxylation is 3. The molecule has 0 aromatic heterocycles. The van der Waals surface area contributed by atoms with Gasteiger partial charge in [0.15, 0.2) is 0 Å². The number of benzene rings is 2. The van der Waals surface area contributed by atoms with Gasteiger partial charge in [-0.3, -0.25) is 0 Å². The summed E-state index contributed by atoms with van der Waals surface area (Å²) >= 11 is 0. The van der Waals surface area contributed by atoms with Crippen LogP contribution in [0.2, 0.25) is 0 Å². The summed E-state index contributed by atoms with van der Waals surface area (Å²) < 4.78 is 0. The second-order valence-electron chi connectivity index (χ2n) is 3.75. The first-order chi connectivity index (χ1) is 6.18. The van der Waals surface area contributed by atoms with Crippen LogP contribution >= 0.6 is 0 Å². The lowest BCUT2D eigenvalue weighted by Gasteiger charge is -2.06. The first-order valence-electron chi connectivity index (χ1n) is 4.65. The molecule has 13 heavy (non-hydrogen) atoms. The van der Waals surface area contributed by atoms with Crippen LogP contribution in [-0.2, 0) is 0 Å². The fourth-order valence-electron chi connectivity index (χ4n) is 1.90. The maximum Gasteiger partial charge on any atom is -0.0149 e. The van der Waals surface area contributed by atoms with Crippen molar-refractivity contribution >= 4 is 10.8 Å². The van der Waals surface area contributed by atoms with Crippen LogP contribution in [0.4, 0.5) is 0 Å². The van der Waals surface area contributed by atoms with Crippen molar-refractivity contribution in [3.63, 3.8) is 0 Å². The summed E-state index contributed by atoms with van der Waals surface area (Å²) in [7, 11) is 0. The molecule has 0 heterocycles. The van der Waals surface area contributed by atoms with Gasteiger partial charge >= 0.3 is 0 Å². The summed E-state index contributed by atoms with van der Waals surface area (Å²) in [5, 5.41) is 2.77. The maximum absolute atomic E-state index is 2.26. The molecule has 0 saturated carbocycles. The van der Waals surface area contributed by atoms with E-state index in [9.17, 15) is 0 Å². The van der Waals surface area contributed by atoms with E-state index < -0.39 is 0 Å². The monoisotopic (exact) mass is 170 g/mol. The Hall–Kier alpha value is -1.30. The van der Waals surface area contributed by atoms with E-state index in [2.05, 4.69) is 51.1 Å². The quantitative estimate of drug-likeness (QED) is 0.564. The highest BCUT2D eigenvalue weighted by Gasteiger charge is 1.99. The van der Waals surface area contributed by atoms with Crippen LogP contribution in [0.1, 0.15) is 16.7 Å². The molecule has 0 aliphatic heterocycles. The van der Waals surface area contributed by atoms with E-state index in [0.717, 1.165) is 0 Å². The van der Waals surface area contributed by atoms with E-state index in [1.807, 2.05) is 0 Å². The van der Waals surface area contributed by atoms with Gasteiger partial charge < -0.3 is 0 Å². The van der Waals surface area contributed by atoms with E-state index in [-0.39, 0.29) is 0 Å². The van der Waals surface area contributed by atoms with Gasteiger partial charge in [0.25, 0.3) is 0 Å². The SMILES string of the molecule is Cc1cc(C)c2cccc(C)c2c1. The minimum atomic E-state index is 1.35. The Morgan fingerprint density at radius 2 is 1.54 bits per heavy atom. The van der Waals surface area contributed by atoms with Gasteiger partial charge in [-0.05, 0) is 42.7 Å². The second kappa shape index (κ2) is 2.88. The van der Waals surface area contributed by atoms with E-state index >= 15 is 0 Å². The molecule has 0 saturated heterocycles. The molecule has 0 N–H and O–H groups in total. The van der Waals surface area contributed by atoms with E-state index in [1.165, 1.54) is 27.5 Å². The molecule has 2 aromatic rings. The van der Waals surface area contributed by atoms with Crippen LogP contribution in [-0.4, -0.2) is 0 Å². The van der Waals surface area contributed by atoms with Crippen molar-refractivity contribution < 1.29 is 0 Å². The summed E-state index contributed by atoms with van der Waals surface area (Å²) in [5.74, 6) is 0. The van der Waals surface area contributed by atoms with Crippen LogP contribution in [0, 0.1) is 20.8 Å². The number of hydrogen-bond donors (Lipinski definition) is 0. The summed E-state index contributed by atoms with van der Waals surface area (Å²) in [6.45, 7) is 6.49. The highest BCUT2D eigenvalue weighted by atomic mass is 14.0. The first kappa shape index (κ1) is 8.31. The molecule has 0 radical (unpaired) electrons. The molecule has 0 heteroatoms. The predicted molar refractivity (Wildman–Crippen MR) is 58.2 cm³/mol. The van der Waals surface area contributed by atoms with Gasteiger partial charge in [-0.15, -0.1) is 0 Å². The lowest BCUT2D eigenvalue weighted by Crippen LogP contribution is -1.83. The molecule has 66 valence electrons. The van der Waals surface area contributed by atoms with Crippen molar-refractivity contribution in [1.82, 2.24) is 0 Å². The third kappa shape index (κ3) is 1.33. The van der Waals surface area contributed by atoms with Crippen LogP contribution < -0.4 is 0 Å². The third-order valence-electron chi connectivity index (χ3n) is 2.57. The Balaban J connectivity index is 2.94. The molecule has 0 nitrogen and oxygen atoms in total. The largest absolute Gasteiger partial charge is 0.0614 e. The zero-order valence-corrected chi connectivity index (χ0v) is 8.39. The van der Waals surface area contributed by atoms with E-state index in [4.69, 9.17) is 0 Å². The minimum absolute atomic E-state index is 1.35. The molecule has 0 fully saturated rings. The molecule has 0 unspecified atom stereocenters.